The molecule has 0 saturated heterocycles. The fourth-order valence-corrected chi connectivity index (χ4v) is 2.76. The summed E-state index contributed by atoms with van der Waals surface area (Å²) in [6.07, 6.45) is 21.0. The van der Waals surface area contributed by atoms with E-state index >= 15 is 0 Å². The molecule has 0 aliphatic carbocycles. The van der Waals surface area contributed by atoms with E-state index in [2.05, 4.69) is 18.2 Å². The molecule has 0 spiro atoms. The number of aliphatic carboxylic acids is 1. The molecule has 0 aromatic heterocycles. The summed E-state index contributed by atoms with van der Waals surface area (Å²) in [6, 6.07) is 0. The van der Waals surface area contributed by atoms with E-state index in [1.165, 1.54) is 90.4 Å². The Bertz CT molecular complexity index is 326. The summed E-state index contributed by atoms with van der Waals surface area (Å²) in [5.41, 5.74) is 0. The van der Waals surface area contributed by atoms with E-state index in [1.807, 2.05) is 0 Å². The van der Waals surface area contributed by atoms with Crippen LogP contribution < -0.4 is 5.11 Å². The van der Waals surface area contributed by atoms with Crippen LogP contribution in [0.3, 0.4) is 0 Å². The molecular weight excluding hydrogens is 328 g/mol. The Morgan fingerprint density at radius 2 is 1.12 bits per heavy atom. The van der Waals surface area contributed by atoms with Crippen molar-refractivity contribution in [2.24, 2.45) is 0 Å². The minimum absolute atomic E-state index is 0.234. The Morgan fingerprint density at radius 1 is 0.769 bits per heavy atom. The van der Waals surface area contributed by atoms with Crippen LogP contribution in [0.4, 0.5) is 0 Å². The van der Waals surface area contributed by atoms with Gasteiger partial charge in [-0.15, -0.1) is 0 Å². The van der Waals surface area contributed by atoms with Crippen LogP contribution in [0.15, 0.2) is 12.8 Å². The summed E-state index contributed by atoms with van der Waals surface area (Å²) >= 11 is 0. The Morgan fingerprint density at radius 3 is 1.35 bits per heavy atom. The molecule has 4 heteroatoms. The lowest BCUT2D eigenvalue weighted by molar-refractivity contribution is -0.305. The van der Waals surface area contributed by atoms with Gasteiger partial charge in [-0.3, -0.25) is 4.79 Å². The normalized spacial score (nSPS) is 9.92. The average Bonchev–Trinajstić information content (AvgIpc) is 2.58. The fraction of sp³-hybridized carbons (Fsp3) is 0.818. The number of ether oxygens (including phenoxy) is 1. The van der Waals surface area contributed by atoms with Crippen LogP contribution in [-0.2, 0) is 14.3 Å². The minimum Gasteiger partial charge on any atom is -0.550 e. The van der Waals surface area contributed by atoms with Gasteiger partial charge in [-0.05, 0) is 12.8 Å². The SMILES string of the molecule is C=COC(C)=O.CCCCCCCCCCCCCCCCCC(=O)[O-]. The first-order valence-corrected chi connectivity index (χ1v) is 10.5. The minimum atomic E-state index is -0.903. The van der Waals surface area contributed by atoms with Gasteiger partial charge >= 0.3 is 5.97 Å². The Labute approximate surface area is 161 Å². The van der Waals surface area contributed by atoms with Gasteiger partial charge in [0, 0.05) is 12.9 Å². The van der Waals surface area contributed by atoms with Crippen molar-refractivity contribution in [2.45, 2.75) is 117 Å². The highest BCUT2D eigenvalue weighted by Gasteiger charge is 1.94. The number of carboxylic acid groups (broad SMARTS) is 1. The molecule has 0 aliphatic rings. The van der Waals surface area contributed by atoms with E-state index in [-0.39, 0.29) is 12.4 Å². The molecule has 0 atom stereocenters. The highest BCUT2D eigenvalue weighted by molar-refractivity contribution is 5.66. The van der Waals surface area contributed by atoms with E-state index in [0.717, 1.165) is 19.1 Å². The molecule has 0 aromatic rings. The zero-order chi connectivity index (χ0) is 19.9. The highest BCUT2D eigenvalue weighted by atomic mass is 16.5. The van der Waals surface area contributed by atoms with Crippen LogP contribution in [0, 0.1) is 0 Å². The highest BCUT2D eigenvalue weighted by Crippen LogP contribution is 2.13. The zero-order valence-electron chi connectivity index (χ0n) is 17.2. The smallest absolute Gasteiger partial charge is 0.307 e. The van der Waals surface area contributed by atoms with E-state index in [9.17, 15) is 14.7 Å². The predicted octanol–water partition coefficient (Wildman–Crippen LogP) is 5.69. The molecule has 4 nitrogen and oxygen atoms in total. The van der Waals surface area contributed by atoms with Crippen LogP contribution in [0.25, 0.3) is 0 Å². The first-order chi connectivity index (χ1) is 12.5. The maximum Gasteiger partial charge on any atom is 0.307 e. The predicted molar refractivity (Wildman–Crippen MR) is 107 cm³/mol. The van der Waals surface area contributed by atoms with Crippen molar-refractivity contribution >= 4 is 11.9 Å². The van der Waals surface area contributed by atoms with Crippen molar-refractivity contribution in [2.75, 3.05) is 0 Å². The summed E-state index contributed by atoms with van der Waals surface area (Å²) in [7, 11) is 0. The van der Waals surface area contributed by atoms with Crippen LogP contribution in [0.5, 0.6) is 0 Å². The van der Waals surface area contributed by atoms with Gasteiger partial charge in [0.05, 0.1) is 6.26 Å². The van der Waals surface area contributed by atoms with Crippen molar-refractivity contribution in [3.63, 3.8) is 0 Å². The molecule has 0 unspecified atom stereocenters. The third-order valence-electron chi connectivity index (χ3n) is 4.23. The van der Waals surface area contributed by atoms with Gasteiger partial charge in [0.25, 0.3) is 0 Å². The van der Waals surface area contributed by atoms with Gasteiger partial charge in [-0.2, -0.15) is 0 Å². The molecule has 0 heterocycles. The number of carbonyl (C=O) groups is 2. The lowest BCUT2D eigenvalue weighted by atomic mass is 10.0. The van der Waals surface area contributed by atoms with Crippen LogP contribution in [0.1, 0.15) is 117 Å². The molecule has 0 rings (SSSR count). The molecule has 0 saturated carbocycles. The number of carboxylic acids is 1. The summed E-state index contributed by atoms with van der Waals surface area (Å²) in [4.78, 5) is 20.0. The van der Waals surface area contributed by atoms with E-state index in [1.54, 1.807) is 0 Å². The van der Waals surface area contributed by atoms with Crippen molar-refractivity contribution in [3.8, 4) is 0 Å². The summed E-state index contributed by atoms with van der Waals surface area (Å²) in [5, 5.41) is 10.2. The lowest BCUT2D eigenvalue weighted by Crippen LogP contribution is -2.21. The van der Waals surface area contributed by atoms with E-state index in [0.29, 0.717) is 0 Å². The molecule has 0 radical (unpaired) electrons. The quantitative estimate of drug-likeness (QED) is 0.188. The van der Waals surface area contributed by atoms with E-state index in [4.69, 9.17) is 0 Å². The molecule has 0 fully saturated rings. The maximum absolute atomic E-state index is 10.2. The molecule has 154 valence electrons. The van der Waals surface area contributed by atoms with Crippen molar-refractivity contribution in [1.29, 1.82) is 0 Å². The third kappa shape index (κ3) is 30.5. The van der Waals surface area contributed by atoms with Crippen LogP contribution in [-0.4, -0.2) is 11.9 Å². The van der Waals surface area contributed by atoms with Crippen molar-refractivity contribution < 1.29 is 19.4 Å². The van der Waals surface area contributed by atoms with Crippen molar-refractivity contribution in [3.05, 3.63) is 12.8 Å². The van der Waals surface area contributed by atoms with Gasteiger partial charge in [0.2, 0.25) is 0 Å². The van der Waals surface area contributed by atoms with Crippen LogP contribution in [0.2, 0.25) is 0 Å². The third-order valence-corrected chi connectivity index (χ3v) is 4.23. The topological polar surface area (TPSA) is 66.4 Å². The molecule has 0 aromatic carbocycles. The number of unbranched alkanes of at least 4 members (excludes halogenated alkanes) is 14. The number of rotatable bonds is 17. The first kappa shape index (κ1) is 26.9. The number of hydrogen-bond acceptors (Lipinski definition) is 4. The summed E-state index contributed by atoms with van der Waals surface area (Å²) < 4.78 is 4.17. The fourth-order valence-electron chi connectivity index (χ4n) is 2.76. The second-order valence-electron chi connectivity index (χ2n) is 6.85. The Kier molecular flexibility index (Phi) is 24.5. The number of carbonyl (C=O) groups excluding carboxylic acids is 2. The second-order valence-corrected chi connectivity index (χ2v) is 6.85. The van der Waals surface area contributed by atoms with Crippen LogP contribution >= 0.6 is 0 Å². The zero-order valence-corrected chi connectivity index (χ0v) is 17.2. The Hall–Kier alpha value is -1.32. The molecule has 0 bridgehead atoms. The monoisotopic (exact) mass is 369 g/mol. The number of hydrogen-bond donors (Lipinski definition) is 0. The van der Waals surface area contributed by atoms with Gasteiger partial charge in [0.1, 0.15) is 0 Å². The second kappa shape index (κ2) is 23.7. The van der Waals surface area contributed by atoms with Crippen molar-refractivity contribution in [1.82, 2.24) is 0 Å². The standard InChI is InChI=1S/C18H36O2.C4H6O2/c1-2-3-4-5-6-7-8-9-10-11-12-13-14-15-16-17-18(19)20;1-3-6-4(2)5/h2-17H2,1H3,(H,19,20);3H,1H2,2H3/p-1. The summed E-state index contributed by atoms with van der Waals surface area (Å²) in [5.74, 6) is -1.23. The molecule has 0 N–H and O–H groups in total. The maximum atomic E-state index is 10.2. The Balaban J connectivity index is 0. The van der Waals surface area contributed by atoms with Gasteiger partial charge in [0.15, 0.2) is 0 Å². The average molecular weight is 370 g/mol. The molecule has 0 amide bonds. The van der Waals surface area contributed by atoms with E-state index < -0.39 is 5.97 Å². The number of esters is 1. The first-order valence-electron chi connectivity index (χ1n) is 10.5. The molecule has 0 aliphatic heterocycles. The van der Waals surface area contributed by atoms with Gasteiger partial charge in [-0.25, -0.2) is 0 Å². The van der Waals surface area contributed by atoms with Gasteiger partial charge < -0.3 is 14.6 Å². The summed E-state index contributed by atoms with van der Waals surface area (Å²) in [6.45, 7) is 6.75. The van der Waals surface area contributed by atoms with Gasteiger partial charge in [-0.1, -0.05) is 103 Å². The largest absolute Gasteiger partial charge is 0.550 e. The molecule has 26 heavy (non-hydrogen) atoms. The molecular formula is C22H41O4-. The lowest BCUT2D eigenvalue weighted by Gasteiger charge is -2.04.